The zero-order valence-corrected chi connectivity index (χ0v) is 12.7. The minimum atomic E-state index is -0.555. The Morgan fingerprint density at radius 2 is 1.96 bits per heavy atom. The van der Waals surface area contributed by atoms with Crippen molar-refractivity contribution < 1.29 is 4.52 Å². The predicted octanol–water partition coefficient (Wildman–Crippen LogP) is 3.69. The molecule has 2 aromatic heterocycles. The fourth-order valence-corrected chi connectivity index (χ4v) is 2.75. The van der Waals surface area contributed by atoms with Crippen molar-refractivity contribution in [3.8, 4) is 11.4 Å². The summed E-state index contributed by atoms with van der Waals surface area (Å²) in [6.45, 7) is 0.765. The molecule has 0 saturated heterocycles. The maximum atomic E-state index is 11.1. The van der Waals surface area contributed by atoms with Gasteiger partial charge in [-0.25, -0.2) is 4.79 Å². The zero-order valence-electron chi connectivity index (χ0n) is 12.0. The summed E-state index contributed by atoms with van der Waals surface area (Å²) in [4.78, 5) is 13.6. The van der Waals surface area contributed by atoms with E-state index >= 15 is 0 Å². The molecular weight excluding hydrogens is 314 g/mol. The van der Waals surface area contributed by atoms with Gasteiger partial charge in [-0.3, -0.25) is 9.51 Å². The van der Waals surface area contributed by atoms with Crippen molar-refractivity contribution in [1.29, 1.82) is 0 Å². The van der Waals surface area contributed by atoms with Gasteiger partial charge in [0.25, 0.3) is 0 Å². The van der Waals surface area contributed by atoms with Crippen molar-refractivity contribution in [2.24, 2.45) is 0 Å². The average molecular weight is 326 g/mol. The highest BCUT2D eigenvalue weighted by Crippen LogP contribution is 2.23. The molecule has 0 unspecified atom stereocenters. The number of fused-ring (bicyclic) bond motifs is 1. The van der Waals surface area contributed by atoms with Crippen LogP contribution < -0.4 is 5.76 Å². The number of halogens is 1. The molecule has 4 rings (SSSR count). The van der Waals surface area contributed by atoms with Crippen LogP contribution in [0.3, 0.4) is 0 Å². The summed E-state index contributed by atoms with van der Waals surface area (Å²) in [5.74, 6) is -0.122. The molecular formula is C17H12ClN3O2. The van der Waals surface area contributed by atoms with Gasteiger partial charge >= 0.3 is 5.76 Å². The summed E-state index contributed by atoms with van der Waals surface area (Å²) in [6.07, 6.45) is 2.04. The van der Waals surface area contributed by atoms with Gasteiger partial charge in [0.2, 0.25) is 0 Å². The van der Waals surface area contributed by atoms with Crippen LogP contribution in [0.2, 0.25) is 5.02 Å². The van der Waals surface area contributed by atoms with E-state index in [9.17, 15) is 4.79 Å². The Morgan fingerprint density at radius 1 is 1.13 bits per heavy atom. The Balaban J connectivity index is 1.70. The molecule has 6 heteroatoms. The molecule has 0 saturated carbocycles. The molecule has 23 heavy (non-hydrogen) atoms. The van der Waals surface area contributed by atoms with E-state index in [0.29, 0.717) is 5.82 Å². The summed E-state index contributed by atoms with van der Waals surface area (Å²) < 4.78 is 6.71. The molecule has 1 N–H and O–H groups in total. The smallest absolute Gasteiger partial charge is 0.343 e. The van der Waals surface area contributed by atoms with Crippen LogP contribution in [0.1, 0.15) is 5.56 Å². The minimum absolute atomic E-state index is 0.433. The number of nitrogens with one attached hydrogen (secondary N) is 1. The van der Waals surface area contributed by atoms with Gasteiger partial charge in [0.15, 0.2) is 5.82 Å². The average Bonchev–Trinajstić information content (AvgIpc) is 3.16. The highest BCUT2D eigenvalue weighted by molar-refractivity contribution is 6.30. The first-order valence-electron chi connectivity index (χ1n) is 7.09. The zero-order chi connectivity index (χ0) is 15.8. The van der Waals surface area contributed by atoms with Crippen LogP contribution in [-0.4, -0.2) is 14.7 Å². The molecule has 114 valence electrons. The molecule has 2 heterocycles. The summed E-state index contributed by atoms with van der Waals surface area (Å²) in [7, 11) is 0. The lowest BCUT2D eigenvalue weighted by Crippen LogP contribution is -1.97. The Bertz CT molecular complexity index is 1030. The number of rotatable bonds is 3. The van der Waals surface area contributed by atoms with Gasteiger partial charge < -0.3 is 4.57 Å². The van der Waals surface area contributed by atoms with E-state index in [1.165, 1.54) is 5.56 Å². The van der Waals surface area contributed by atoms with Crippen molar-refractivity contribution in [3.63, 3.8) is 0 Å². The third-order valence-corrected chi connectivity index (χ3v) is 4.00. The third-order valence-electron chi connectivity index (χ3n) is 3.75. The van der Waals surface area contributed by atoms with E-state index in [1.54, 1.807) is 0 Å². The number of aromatic nitrogens is 3. The molecule has 0 amide bonds. The van der Waals surface area contributed by atoms with E-state index in [1.807, 2.05) is 54.7 Å². The maximum Gasteiger partial charge on any atom is 0.439 e. The molecule has 0 aliphatic carbocycles. The topological polar surface area (TPSA) is 63.8 Å². The Hall–Kier alpha value is -2.79. The lowest BCUT2D eigenvalue weighted by atomic mass is 10.1. The van der Waals surface area contributed by atoms with Crippen molar-refractivity contribution >= 4 is 22.5 Å². The van der Waals surface area contributed by atoms with Crippen molar-refractivity contribution in [1.82, 2.24) is 14.7 Å². The Kier molecular flexibility index (Phi) is 3.28. The standard InChI is InChI=1S/C17H12ClN3O2/c18-14-4-1-11(2-5-14)10-21-8-7-12-9-13(3-6-15(12)21)16-19-17(22)23-20-16/h1-9H,10H2,(H,19,20,22). The maximum absolute atomic E-state index is 11.1. The first kappa shape index (κ1) is 13.8. The second kappa shape index (κ2) is 5.44. The highest BCUT2D eigenvalue weighted by atomic mass is 35.5. The van der Waals surface area contributed by atoms with Gasteiger partial charge in [0.05, 0.1) is 0 Å². The molecule has 0 aliphatic rings. The molecule has 0 atom stereocenters. The van der Waals surface area contributed by atoms with Crippen molar-refractivity contribution in [2.45, 2.75) is 6.54 Å². The molecule has 0 aliphatic heterocycles. The monoisotopic (exact) mass is 325 g/mol. The quantitative estimate of drug-likeness (QED) is 0.625. The van der Waals surface area contributed by atoms with Crippen molar-refractivity contribution in [3.05, 3.63) is 75.9 Å². The lowest BCUT2D eigenvalue weighted by Gasteiger charge is -2.06. The third kappa shape index (κ3) is 2.66. The number of hydrogen-bond acceptors (Lipinski definition) is 3. The molecule has 0 fully saturated rings. The summed E-state index contributed by atoms with van der Waals surface area (Å²) >= 11 is 5.92. The Labute approximate surface area is 136 Å². The van der Waals surface area contributed by atoms with E-state index in [0.717, 1.165) is 28.0 Å². The van der Waals surface area contributed by atoms with Crippen molar-refractivity contribution in [2.75, 3.05) is 0 Å². The molecule has 5 nitrogen and oxygen atoms in total. The fraction of sp³-hybridized carbons (Fsp3) is 0.0588. The van der Waals surface area contributed by atoms with E-state index < -0.39 is 5.76 Å². The van der Waals surface area contributed by atoms with E-state index in [2.05, 4.69) is 19.2 Å². The van der Waals surface area contributed by atoms with E-state index in [4.69, 9.17) is 11.6 Å². The number of aromatic amines is 1. The van der Waals surface area contributed by atoms with Gasteiger partial charge in [-0.15, -0.1) is 0 Å². The largest absolute Gasteiger partial charge is 0.439 e. The van der Waals surface area contributed by atoms with Crippen LogP contribution in [0.15, 0.2) is 64.0 Å². The molecule has 0 radical (unpaired) electrons. The molecule has 0 spiro atoms. The Morgan fingerprint density at radius 3 is 2.70 bits per heavy atom. The fourth-order valence-electron chi connectivity index (χ4n) is 2.63. The summed E-state index contributed by atoms with van der Waals surface area (Å²) in [5, 5.41) is 5.52. The lowest BCUT2D eigenvalue weighted by molar-refractivity contribution is 0.388. The highest BCUT2D eigenvalue weighted by Gasteiger charge is 2.07. The van der Waals surface area contributed by atoms with Crippen LogP contribution in [0.5, 0.6) is 0 Å². The van der Waals surface area contributed by atoms with Crippen LogP contribution in [0, 0.1) is 0 Å². The first-order valence-corrected chi connectivity index (χ1v) is 7.46. The normalized spacial score (nSPS) is 11.2. The number of nitrogens with zero attached hydrogens (tertiary/aromatic N) is 2. The van der Waals surface area contributed by atoms with Gasteiger partial charge in [-0.1, -0.05) is 28.9 Å². The van der Waals surface area contributed by atoms with Gasteiger partial charge in [-0.2, -0.15) is 0 Å². The molecule has 0 bridgehead atoms. The summed E-state index contributed by atoms with van der Waals surface area (Å²) in [5.41, 5.74) is 3.10. The van der Waals surface area contributed by atoms with Gasteiger partial charge in [0.1, 0.15) is 0 Å². The van der Waals surface area contributed by atoms with E-state index in [-0.39, 0.29) is 0 Å². The predicted molar refractivity (Wildman–Crippen MR) is 88.6 cm³/mol. The molecule has 4 aromatic rings. The SMILES string of the molecule is O=c1[nH]c(-c2ccc3c(ccn3Cc3ccc(Cl)cc3)c2)no1. The van der Waals surface area contributed by atoms with Crippen LogP contribution in [0.4, 0.5) is 0 Å². The minimum Gasteiger partial charge on any atom is -0.343 e. The summed E-state index contributed by atoms with van der Waals surface area (Å²) in [6, 6.07) is 15.7. The van der Waals surface area contributed by atoms with Crippen LogP contribution in [0.25, 0.3) is 22.3 Å². The number of benzene rings is 2. The van der Waals surface area contributed by atoms with Gasteiger partial charge in [0, 0.05) is 34.2 Å². The van der Waals surface area contributed by atoms with Gasteiger partial charge in [-0.05, 0) is 42.0 Å². The first-order chi connectivity index (χ1) is 11.2. The second-order valence-electron chi connectivity index (χ2n) is 5.29. The van der Waals surface area contributed by atoms with Crippen LogP contribution in [-0.2, 0) is 6.54 Å². The number of H-pyrrole nitrogens is 1. The number of hydrogen-bond donors (Lipinski definition) is 1. The molecule has 2 aromatic carbocycles. The van der Waals surface area contributed by atoms with Crippen LogP contribution >= 0.6 is 11.6 Å². The second-order valence-corrected chi connectivity index (χ2v) is 5.72.